The van der Waals surface area contributed by atoms with Crippen LogP contribution in [0.3, 0.4) is 0 Å². The van der Waals surface area contributed by atoms with E-state index >= 15 is 4.39 Å². The Morgan fingerprint density at radius 3 is 1.55 bits per heavy atom. The third-order valence-electron chi connectivity index (χ3n) is 14.7. The average molecular weight is 949 g/mol. The number of aromatic nitrogens is 1. The lowest BCUT2D eigenvalue weighted by molar-refractivity contribution is 0.640. The summed E-state index contributed by atoms with van der Waals surface area (Å²) in [6.45, 7) is 0. The molecular weight excluding hydrogens is 904 g/mol. The zero-order valence-electron chi connectivity index (χ0n) is 40.2. The van der Waals surface area contributed by atoms with Gasteiger partial charge in [0.05, 0.1) is 16.7 Å². The lowest BCUT2D eigenvalue weighted by Crippen LogP contribution is -2.10. The van der Waals surface area contributed by atoms with Crippen molar-refractivity contribution in [1.29, 1.82) is 0 Å². The van der Waals surface area contributed by atoms with Crippen LogP contribution in [0.15, 0.2) is 277 Å². The molecule has 0 aliphatic heterocycles. The van der Waals surface area contributed by atoms with E-state index in [2.05, 4.69) is 240 Å². The van der Waals surface area contributed by atoms with Crippen LogP contribution in [0.25, 0.3) is 116 Å². The molecule has 0 aliphatic carbocycles. The van der Waals surface area contributed by atoms with Crippen LogP contribution >= 0.6 is 0 Å². The molecule has 2 heterocycles. The molecule has 0 unspecified atom stereocenters. The number of nitrogens with zero attached hydrogens (tertiary/aromatic N) is 2. The predicted molar refractivity (Wildman–Crippen MR) is 307 cm³/mol. The third kappa shape index (κ3) is 7.43. The summed E-state index contributed by atoms with van der Waals surface area (Å²) in [5.41, 5.74) is 19.1. The van der Waals surface area contributed by atoms with Gasteiger partial charge in [0.1, 0.15) is 17.0 Å². The highest BCUT2D eigenvalue weighted by Crippen LogP contribution is 2.44. The summed E-state index contributed by atoms with van der Waals surface area (Å²) in [6.07, 6.45) is 0. The fraction of sp³-hybridized carbons (Fsp3) is 0. The molecule has 12 aromatic carbocycles. The summed E-state index contributed by atoms with van der Waals surface area (Å²) in [6, 6.07) is 95.9. The molecule has 0 amide bonds. The monoisotopic (exact) mass is 948 g/mol. The highest BCUT2D eigenvalue weighted by atomic mass is 19.1. The predicted octanol–water partition coefficient (Wildman–Crippen LogP) is 19.8. The van der Waals surface area contributed by atoms with Crippen molar-refractivity contribution in [2.24, 2.45) is 0 Å². The highest BCUT2D eigenvalue weighted by Gasteiger charge is 2.20. The lowest BCUT2D eigenvalue weighted by atomic mass is 9.90. The van der Waals surface area contributed by atoms with Crippen molar-refractivity contribution in [2.75, 3.05) is 4.90 Å². The van der Waals surface area contributed by atoms with E-state index in [-0.39, 0.29) is 5.82 Å². The van der Waals surface area contributed by atoms with E-state index in [9.17, 15) is 0 Å². The molecule has 3 nitrogen and oxygen atoms in total. The molecule has 0 aliphatic rings. The highest BCUT2D eigenvalue weighted by molar-refractivity contribution is 6.12. The van der Waals surface area contributed by atoms with Gasteiger partial charge in [-0.1, -0.05) is 188 Å². The summed E-state index contributed by atoms with van der Waals surface area (Å²) in [4.78, 5) is 2.35. The van der Waals surface area contributed by atoms with Crippen molar-refractivity contribution in [3.05, 3.63) is 279 Å². The van der Waals surface area contributed by atoms with Gasteiger partial charge in [0.15, 0.2) is 0 Å². The van der Waals surface area contributed by atoms with E-state index in [1.54, 1.807) is 6.07 Å². The van der Waals surface area contributed by atoms with Crippen molar-refractivity contribution in [3.8, 4) is 61.3 Å². The standard InChI is InChI=1S/C70H45FN2O/c71-65-24-12-23-59-58(65)22-13-26-67(59)73-66-25-9-7-20-60(66)61-40-33-51(44-68(61)73)50-32-39-57(64(43-50)53-34-41-63-62-21-8-10-27-69(62)74-70(63)45-53)52-18-11-19-56(42-52)72(54-35-28-48(29-36-54)46-14-3-1-4-15-46)55-37-30-49(31-38-55)47-16-5-2-6-17-47/h1-45H. The topological polar surface area (TPSA) is 21.3 Å². The second-order valence-corrected chi connectivity index (χ2v) is 19.0. The number of halogens is 1. The first-order valence-electron chi connectivity index (χ1n) is 25.1. The summed E-state index contributed by atoms with van der Waals surface area (Å²) in [5, 5.41) is 5.93. The molecule has 0 saturated carbocycles. The second-order valence-electron chi connectivity index (χ2n) is 19.0. The lowest BCUT2D eigenvalue weighted by Gasteiger charge is -2.27. The van der Waals surface area contributed by atoms with Crippen molar-refractivity contribution in [2.45, 2.75) is 0 Å². The Labute approximate surface area is 427 Å². The Bertz CT molecular complexity index is 4340. The minimum Gasteiger partial charge on any atom is -0.456 e. The first kappa shape index (κ1) is 43.1. The fourth-order valence-corrected chi connectivity index (χ4v) is 11.1. The van der Waals surface area contributed by atoms with Crippen molar-refractivity contribution in [1.82, 2.24) is 4.57 Å². The Balaban J connectivity index is 0.935. The zero-order valence-corrected chi connectivity index (χ0v) is 40.2. The molecule has 2 aromatic heterocycles. The molecule has 14 rings (SSSR count). The first-order valence-corrected chi connectivity index (χ1v) is 25.1. The number of hydrogen-bond donors (Lipinski definition) is 0. The van der Waals surface area contributed by atoms with Gasteiger partial charge in [0.25, 0.3) is 0 Å². The van der Waals surface area contributed by atoms with Gasteiger partial charge in [-0.3, -0.25) is 0 Å². The zero-order chi connectivity index (χ0) is 49.1. The summed E-state index contributed by atoms with van der Waals surface area (Å²) in [5.74, 6) is -0.229. The van der Waals surface area contributed by atoms with Crippen LogP contribution in [0.1, 0.15) is 0 Å². The minimum absolute atomic E-state index is 0.229. The quantitative estimate of drug-likeness (QED) is 0.144. The van der Waals surface area contributed by atoms with Crippen molar-refractivity contribution < 1.29 is 8.81 Å². The minimum atomic E-state index is -0.229. The van der Waals surface area contributed by atoms with E-state index in [0.29, 0.717) is 5.39 Å². The number of benzene rings is 12. The van der Waals surface area contributed by atoms with Crippen LogP contribution in [-0.2, 0) is 0 Å². The Morgan fingerprint density at radius 2 is 0.797 bits per heavy atom. The third-order valence-corrected chi connectivity index (χ3v) is 14.7. The molecule has 74 heavy (non-hydrogen) atoms. The van der Waals surface area contributed by atoms with Gasteiger partial charge in [-0.15, -0.1) is 0 Å². The maximum Gasteiger partial charge on any atom is 0.136 e. The Kier molecular flexibility index (Phi) is 10.4. The summed E-state index contributed by atoms with van der Waals surface area (Å²) < 4.78 is 24.2. The number of rotatable bonds is 9. The molecular formula is C70H45FN2O. The van der Waals surface area contributed by atoms with Crippen LogP contribution in [0.4, 0.5) is 21.5 Å². The molecule has 4 heteroatoms. The number of fused-ring (bicyclic) bond motifs is 7. The van der Waals surface area contributed by atoms with E-state index in [4.69, 9.17) is 4.42 Å². The number of furan rings is 1. The maximum absolute atomic E-state index is 15.3. The Hall–Kier alpha value is -9.77. The number of anilines is 3. The summed E-state index contributed by atoms with van der Waals surface area (Å²) >= 11 is 0. The maximum atomic E-state index is 15.3. The van der Waals surface area contributed by atoms with E-state index in [1.165, 1.54) is 17.2 Å². The number of hydrogen-bond acceptors (Lipinski definition) is 2. The van der Waals surface area contributed by atoms with E-state index in [1.807, 2.05) is 30.3 Å². The SMILES string of the molecule is Fc1cccc2c(-n3c4ccccc4c4ccc(-c5ccc(-c6cccc(N(c7ccc(-c8ccccc8)cc7)c7ccc(-c8ccccc8)cc7)c6)c(-c6ccc7c(c6)oc6ccccc67)c5)cc43)cccc12. The van der Waals surface area contributed by atoms with Gasteiger partial charge in [-0.05, 0) is 141 Å². The molecule has 0 bridgehead atoms. The van der Waals surface area contributed by atoms with Crippen molar-refractivity contribution >= 4 is 71.6 Å². The molecule has 0 radical (unpaired) electrons. The first-order chi connectivity index (χ1) is 36.6. The fourth-order valence-electron chi connectivity index (χ4n) is 11.1. The molecule has 348 valence electrons. The van der Waals surface area contributed by atoms with E-state index < -0.39 is 0 Å². The van der Waals surface area contributed by atoms with Crippen molar-refractivity contribution in [3.63, 3.8) is 0 Å². The van der Waals surface area contributed by atoms with Crippen LogP contribution in [0, 0.1) is 5.82 Å². The van der Waals surface area contributed by atoms with Gasteiger partial charge in [-0.25, -0.2) is 4.39 Å². The Morgan fingerprint density at radius 1 is 0.284 bits per heavy atom. The smallest absolute Gasteiger partial charge is 0.136 e. The molecule has 0 fully saturated rings. The second kappa shape index (κ2) is 17.8. The largest absolute Gasteiger partial charge is 0.456 e. The summed E-state index contributed by atoms with van der Waals surface area (Å²) in [7, 11) is 0. The van der Waals surface area contributed by atoms with Gasteiger partial charge < -0.3 is 13.9 Å². The molecule has 0 spiro atoms. The van der Waals surface area contributed by atoms with Crippen LogP contribution in [-0.4, -0.2) is 4.57 Å². The van der Waals surface area contributed by atoms with Gasteiger partial charge >= 0.3 is 0 Å². The normalized spacial score (nSPS) is 11.6. The van der Waals surface area contributed by atoms with Gasteiger partial charge in [0.2, 0.25) is 0 Å². The molecule has 0 atom stereocenters. The molecule has 0 saturated heterocycles. The molecule has 0 N–H and O–H groups in total. The number of para-hydroxylation sites is 2. The van der Waals surface area contributed by atoms with Crippen LogP contribution in [0.5, 0.6) is 0 Å². The van der Waals surface area contributed by atoms with Crippen LogP contribution < -0.4 is 4.90 Å². The van der Waals surface area contributed by atoms with Crippen LogP contribution in [0.2, 0.25) is 0 Å². The van der Waals surface area contributed by atoms with Gasteiger partial charge in [0, 0.05) is 49.4 Å². The van der Waals surface area contributed by atoms with Gasteiger partial charge in [-0.2, -0.15) is 0 Å². The molecule has 14 aromatic rings. The van der Waals surface area contributed by atoms with E-state index in [0.717, 1.165) is 116 Å². The average Bonchev–Trinajstić information content (AvgIpc) is 4.03.